The number of aromatic amines is 1. The molecule has 0 amide bonds. The fraction of sp³-hybridized carbons (Fsp3) is 0.474. The number of benzene rings is 1. The van der Waals surface area contributed by atoms with Crippen molar-refractivity contribution in [3.05, 3.63) is 45.4 Å². The van der Waals surface area contributed by atoms with Crippen molar-refractivity contribution in [1.29, 1.82) is 0 Å². The van der Waals surface area contributed by atoms with Gasteiger partial charge < -0.3 is 14.5 Å². The molecular formula is C19H24N2O3S. The van der Waals surface area contributed by atoms with Gasteiger partial charge in [0.05, 0.1) is 19.9 Å². The summed E-state index contributed by atoms with van der Waals surface area (Å²) in [7, 11) is 3.24. The number of hydrogen-bond acceptors (Lipinski definition) is 5. The van der Waals surface area contributed by atoms with Crippen LogP contribution in [0.3, 0.4) is 0 Å². The van der Waals surface area contributed by atoms with Gasteiger partial charge in [-0.2, -0.15) is 0 Å². The molecule has 1 aliphatic rings. The molecule has 1 aromatic heterocycles. The number of nitrogens with zero attached hydrogens (tertiary/aromatic N) is 1. The van der Waals surface area contributed by atoms with E-state index in [0.29, 0.717) is 28.7 Å². The number of H-pyrrole nitrogens is 1. The van der Waals surface area contributed by atoms with Crippen LogP contribution >= 0.6 is 11.8 Å². The van der Waals surface area contributed by atoms with E-state index in [9.17, 15) is 4.79 Å². The summed E-state index contributed by atoms with van der Waals surface area (Å²) < 4.78 is 10.6. The van der Waals surface area contributed by atoms with Gasteiger partial charge in [-0.25, -0.2) is 4.98 Å². The summed E-state index contributed by atoms with van der Waals surface area (Å²) in [5.41, 5.74) is 2.48. The standard InChI is InChI=1S/C19H24N2O3S/c1-12-15(10-13-8-9-16(23-2)17(11-13)24-3)20-19(21-18(12)22)25-14-6-4-5-7-14/h8-9,11,14H,4-7,10H2,1-3H3,(H,20,21,22). The molecule has 6 heteroatoms. The molecule has 1 heterocycles. The van der Waals surface area contributed by atoms with E-state index in [1.807, 2.05) is 25.1 Å². The van der Waals surface area contributed by atoms with E-state index in [1.165, 1.54) is 25.7 Å². The van der Waals surface area contributed by atoms with Gasteiger partial charge in [-0.3, -0.25) is 4.79 Å². The van der Waals surface area contributed by atoms with Crippen molar-refractivity contribution in [2.45, 2.75) is 49.4 Å². The minimum absolute atomic E-state index is 0.0500. The summed E-state index contributed by atoms with van der Waals surface area (Å²) in [6, 6.07) is 5.79. The third-order valence-corrected chi connectivity index (χ3v) is 5.85. The minimum atomic E-state index is -0.0500. The predicted molar refractivity (Wildman–Crippen MR) is 100 cm³/mol. The van der Waals surface area contributed by atoms with Crippen LogP contribution in [0.25, 0.3) is 0 Å². The van der Waals surface area contributed by atoms with Gasteiger partial charge in [0, 0.05) is 17.2 Å². The van der Waals surface area contributed by atoms with E-state index in [0.717, 1.165) is 16.4 Å². The molecule has 1 aromatic carbocycles. The summed E-state index contributed by atoms with van der Waals surface area (Å²) in [5.74, 6) is 1.38. The lowest BCUT2D eigenvalue weighted by Crippen LogP contribution is -2.17. The van der Waals surface area contributed by atoms with Crippen LogP contribution in [0.15, 0.2) is 28.2 Å². The number of aromatic nitrogens is 2. The predicted octanol–water partition coefficient (Wildman–Crippen LogP) is 3.72. The summed E-state index contributed by atoms with van der Waals surface area (Å²) in [6.07, 6.45) is 5.54. The van der Waals surface area contributed by atoms with E-state index in [2.05, 4.69) is 4.98 Å². The molecule has 1 fully saturated rings. The number of ether oxygens (including phenoxy) is 2. The summed E-state index contributed by atoms with van der Waals surface area (Å²) in [6.45, 7) is 1.83. The van der Waals surface area contributed by atoms with E-state index in [4.69, 9.17) is 14.5 Å². The lowest BCUT2D eigenvalue weighted by atomic mass is 10.1. The van der Waals surface area contributed by atoms with Gasteiger partial charge in [0.25, 0.3) is 5.56 Å². The molecule has 134 valence electrons. The Bertz CT molecular complexity index is 798. The molecule has 5 nitrogen and oxygen atoms in total. The van der Waals surface area contributed by atoms with Crippen LogP contribution in [0.1, 0.15) is 42.5 Å². The average molecular weight is 360 g/mol. The fourth-order valence-corrected chi connectivity index (χ4v) is 4.33. The Hall–Kier alpha value is -1.95. The lowest BCUT2D eigenvalue weighted by molar-refractivity contribution is 0.354. The van der Waals surface area contributed by atoms with Gasteiger partial charge in [-0.1, -0.05) is 30.7 Å². The number of methoxy groups -OCH3 is 2. The van der Waals surface area contributed by atoms with Gasteiger partial charge in [0.2, 0.25) is 0 Å². The monoisotopic (exact) mass is 360 g/mol. The smallest absolute Gasteiger partial charge is 0.254 e. The normalized spacial score (nSPS) is 14.7. The maximum atomic E-state index is 12.3. The van der Waals surface area contributed by atoms with Crippen LogP contribution < -0.4 is 15.0 Å². The highest BCUT2D eigenvalue weighted by Gasteiger charge is 2.18. The van der Waals surface area contributed by atoms with Gasteiger partial charge in [-0.15, -0.1) is 0 Å². The fourth-order valence-electron chi connectivity index (χ4n) is 3.13. The second-order valence-corrected chi connectivity index (χ2v) is 7.62. The van der Waals surface area contributed by atoms with Crippen molar-refractivity contribution in [3.63, 3.8) is 0 Å². The molecule has 1 saturated carbocycles. The minimum Gasteiger partial charge on any atom is -0.493 e. The first-order chi connectivity index (χ1) is 12.1. The second-order valence-electron chi connectivity index (χ2n) is 6.33. The van der Waals surface area contributed by atoms with Crippen molar-refractivity contribution in [2.75, 3.05) is 14.2 Å². The molecule has 25 heavy (non-hydrogen) atoms. The Morgan fingerprint density at radius 2 is 1.92 bits per heavy atom. The number of thioether (sulfide) groups is 1. The van der Waals surface area contributed by atoms with E-state index < -0.39 is 0 Å². The summed E-state index contributed by atoms with van der Waals surface area (Å²) >= 11 is 1.70. The maximum absolute atomic E-state index is 12.3. The van der Waals surface area contributed by atoms with Gasteiger partial charge in [0.1, 0.15) is 0 Å². The van der Waals surface area contributed by atoms with E-state index >= 15 is 0 Å². The SMILES string of the molecule is COc1ccc(Cc2nc(SC3CCCC3)[nH]c(=O)c2C)cc1OC. The molecule has 1 aliphatic carbocycles. The molecule has 0 atom stereocenters. The number of hydrogen-bond donors (Lipinski definition) is 1. The van der Waals surface area contributed by atoms with Crippen molar-refractivity contribution >= 4 is 11.8 Å². The first-order valence-electron chi connectivity index (χ1n) is 8.58. The Kier molecular flexibility index (Phi) is 5.68. The van der Waals surface area contributed by atoms with E-state index in [1.54, 1.807) is 26.0 Å². The van der Waals surface area contributed by atoms with E-state index in [-0.39, 0.29) is 5.56 Å². The molecule has 0 saturated heterocycles. The molecule has 0 unspecified atom stereocenters. The number of rotatable bonds is 6. The Morgan fingerprint density at radius 3 is 2.60 bits per heavy atom. The Balaban J connectivity index is 1.86. The highest BCUT2D eigenvalue weighted by Crippen LogP contribution is 2.33. The Labute approximate surface area is 152 Å². The van der Waals surface area contributed by atoms with Crippen LogP contribution in [0, 0.1) is 6.92 Å². The first-order valence-corrected chi connectivity index (χ1v) is 9.46. The largest absolute Gasteiger partial charge is 0.493 e. The zero-order valence-corrected chi connectivity index (χ0v) is 15.7. The van der Waals surface area contributed by atoms with Crippen molar-refractivity contribution in [2.24, 2.45) is 0 Å². The molecule has 1 N–H and O–H groups in total. The molecule has 0 aliphatic heterocycles. The highest BCUT2D eigenvalue weighted by atomic mass is 32.2. The first kappa shape index (κ1) is 17.9. The van der Waals surface area contributed by atoms with Crippen LogP contribution in [-0.2, 0) is 6.42 Å². The average Bonchev–Trinajstić information content (AvgIpc) is 3.12. The topological polar surface area (TPSA) is 64.2 Å². The van der Waals surface area contributed by atoms with Crippen LogP contribution in [-0.4, -0.2) is 29.4 Å². The van der Waals surface area contributed by atoms with Crippen molar-refractivity contribution in [3.8, 4) is 11.5 Å². The zero-order valence-electron chi connectivity index (χ0n) is 14.9. The summed E-state index contributed by atoms with van der Waals surface area (Å²) in [4.78, 5) is 19.9. The molecule has 0 spiro atoms. The highest BCUT2D eigenvalue weighted by molar-refractivity contribution is 7.99. The molecule has 0 bridgehead atoms. The van der Waals surface area contributed by atoms with Gasteiger partial charge in [0.15, 0.2) is 16.7 Å². The molecule has 3 rings (SSSR count). The molecular weight excluding hydrogens is 336 g/mol. The lowest BCUT2D eigenvalue weighted by Gasteiger charge is -2.12. The molecule has 2 aromatic rings. The van der Waals surface area contributed by atoms with Crippen LogP contribution in [0.4, 0.5) is 0 Å². The third kappa shape index (κ3) is 4.18. The van der Waals surface area contributed by atoms with Crippen molar-refractivity contribution < 1.29 is 9.47 Å². The van der Waals surface area contributed by atoms with Crippen LogP contribution in [0.5, 0.6) is 11.5 Å². The quantitative estimate of drug-likeness (QED) is 0.796. The number of nitrogens with one attached hydrogen (secondary N) is 1. The molecule has 0 radical (unpaired) electrons. The third-order valence-electron chi connectivity index (χ3n) is 4.63. The van der Waals surface area contributed by atoms with Gasteiger partial charge in [-0.05, 0) is 37.5 Å². The zero-order chi connectivity index (χ0) is 17.8. The Morgan fingerprint density at radius 1 is 1.20 bits per heavy atom. The summed E-state index contributed by atoms with van der Waals surface area (Å²) in [5, 5.41) is 1.30. The second kappa shape index (κ2) is 7.95. The maximum Gasteiger partial charge on any atom is 0.254 e. The van der Waals surface area contributed by atoms with Crippen LogP contribution in [0.2, 0.25) is 0 Å². The van der Waals surface area contributed by atoms with Crippen molar-refractivity contribution in [1.82, 2.24) is 9.97 Å². The van der Waals surface area contributed by atoms with Gasteiger partial charge >= 0.3 is 0 Å².